The second-order valence-electron chi connectivity index (χ2n) is 10.8. The largest absolute Gasteiger partial charge is 0.342 e. The normalized spacial score (nSPS) is 23.7. The number of hydrogen-bond acceptors (Lipinski definition) is 4. The lowest BCUT2D eigenvalue weighted by molar-refractivity contribution is -0.148. The van der Waals surface area contributed by atoms with Crippen molar-refractivity contribution in [3.8, 4) is 0 Å². The van der Waals surface area contributed by atoms with Crippen LogP contribution in [0.1, 0.15) is 38.8 Å². The van der Waals surface area contributed by atoms with E-state index < -0.39 is 36.0 Å². The average Bonchev–Trinajstić information content (AvgIpc) is 2.90. The van der Waals surface area contributed by atoms with Crippen molar-refractivity contribution in [1.29, 1.82) is 0 Å². The van der Waals surface area contributed by atoms with Crippen LogP contribution in [0, 0.1) is 11.8 Å². The zero-order valence-corrected chi connectivity index (χ0v) is 23.2. The van der Waals surface area contributed by atoms with Crippen LogP contribution >= 0.6 is 0 Å². The number of nitrogens with zero attached hydrogens (tertiary/aromatic N) is 2. The van der Waals surface area contributed by atoms with Crippen molar-refractivity contribution in [3.63, 3.8) is 0 Å². The van der Waals surface area contributed by atoms with Gasteiger partial charge in [0.25, 0.3) is 0 Å². The molecular formula is C30H40N4O4. The molecule has 8 nitrogen and oxygen atoms in total. The standard InChI is InChI=1S/C30H40N4O4/c1-19(2)25-29(37)33(5)24(18-22-15-11-8-12-16-22)28(36)32-26(20(3)4)30(38)34(6)23(27(35)31-25)17-21-13-9-7-10-14-21/h7-16,19-20,23-26H,17-18H2,1-6H3,(H,31,35)(H,32,36)/t23-,24-,25-,26-/m0/s1. The molecule has 0 aromatic heterocycles. The number of benzene rings is 2. The lowest BCUT2D eigenvalue weighted by Crippen LogP contribution is -2.64. The SMILES string of the molecule is CC(C)[C@@H]1NC(=O)[C@H](Cc2ccccc2)N(C)C(=O)[C@H](C(C)C)NC(=O)[C@H](Cc2ccccc2)N(C)C1=O. The van der Waals surface area contributed by atoms with Crippen molar-refractivity contribution in [2.45, 2.75) is 64.7 Å². The summed E-state index contributed by atoms with van der Waals surface area (Å²) in [6.07, 6.45) is 0.554. The third kappa shape index (κ3) is 6.79. The first-order chi connectivity index (χ1) is 18.0. The predicted octanol–water partition coefficient (Wildman–Crippen LogP) is 2.42. The molecule has 1 saturated heterocycles. The van der Waals surface area contributed by atoms with Gasteiger partial charge in [-0.2, -0.15) is 0 Å². The van der Waals surface area contributed by atoms with Gasteiger partial charge in [-0.15, -0.1) is 0 Å². The Morgan fingerprint density at radius 1 is 0.605 bits per heavy atom. The number of amides is 4. The quantitative estimate of drug-likeness (QED) is 0.611. The van der Waals surface area contributed by atoms with E-state index in [0.717, 1.165) is 11.1 Å². The summed E-state index contributed by atoms with van der Waals surface area (Å²) in [6, 6.07) is 15.4. The Bertz CT molecular complexity index is 1030. The molecule has 4 atom stereocenters. The van der Waals surface area contributed by atoms with Crippen molar-refractivity contribution in [3.05, 3.63) is 71.8 Å². The maximum absolute atomic E-state index is 13.8. The smallest absolute Gasteiger partial charge is 0.245 e. The lowest BCUT2D eigenvalue weighted by atomic mass is 9.95. The van der Waals surface area contributed by atoms with Crippen molar-refractivity contribution in [2.75, 3.05) is 14.1 Å². The van der Waals surface area contributed by atoms with Gasteiger partial charge in [-0.3, -0.25) is 19.2 Å². The molecule has 0 unspecified atom stereocenters. The van der Waals surface area contributed by atoms with Crippen LogP contribution in [0.5, 0.6) is 0 Å². The Balaban J connectivity index is 2.06. The number of carbonyl (C=O) groups excluding carboxylic acids is 4. The van der Waals surface area contributed by atoms with E-state index in [0.29, 0.717) is 0 Å². The highest BCUT2D eigenvalue weighted by atomic mass is 16.2. The van der Waals surface area contributed by atoms with Crippen LogP contribution < -0.4 is 10.6 Å². The van der Waals surface area contributed by atoms with Gasteiger partial charge in [-0.25, -0.2) is 0 Å². The van der Waals surface area contributed by atoms with Crippen LogP contribution in [0.15, 0.2) is 60.7 Å². The van der Waals surface area contributed by atoms with Crippen molar-refractivity contribution in [1.82, 2.24) is 20.4 Å². The molecule has 0 aliphatic carbocycles. The molecule has 1 aliphatic rings. The first-order valence-electron chi connectivity index (χ1n) is 13.2. The molecule has 2 N–H and O–H groups in total. The molecule has 204 valence electrons. The van der Waals surface area contributed by atoms with E-state index in [2.05, 4.69) is 10.6 Å². The molecule has 2 aromatic rings. The molecule has 0 radical (unpaired) electrons. The highest BCUT2D eigenvalue weighted by Crippen LogP contribution is 2.18. The Morgan fingerprint density at radius 3 is 1.21 bits per heavy atom. The van der Waals surface area contributed by atoms with Crippen LogP contribution in [0.2, 0.25) is 0 Å². The van der Waals surface area contributed by atoms with E-state index in [1.807, 2.05) is 88.4 Å². The number of carbonyl (C=O) groups is 4. The van der Waals surface area contributed by atoms with Gasteiger partial charge >= 0.3 is 0 Å². The van der Waals surface area contributed by atoms with Crippen molar-refractivity contribution < 1.29 is 19.2 Å². The minimum absolute atomic E-state index is 0.237. The van der Waals surface area contributed by atoms with Crippen molar-refractivity contribution >= 4 is 23.6 Å². The fourth-order valence-electron chi connectivity index (χ4n) is 4.76. The second kappa shape index (κ2) is 12.7. The van der Waals surface area contributed by atoms with Gasteiger partial charge in [0.2, 0.25) is 23.6 Å². The summed E-state index contributed by atoms with van der Waals surface area (Å²) >= 11 is 0. The van der Waals surface area contributed by atoms with E-state index >= 15 is 0 Å². The number of rotatable bonds is 6. The zero-order valence-electron chi connectivity index (χ0n) is 23.2. The molecule has 2 aromatic carbocycles. The highest BCUT2D eigenvalue weighted by molar-refractivity contribution is 5.97. The van der Waals surface area contributed by atoms with Crippen LogP contribution in [0.3, 0.4) is 0 Å². The van der Waals surface area contributed by atoms with Gasteiger partial charge < -0.3 is 20.4 Å². The first-order valence-corrected chi connectivity index (χ1v) is 13.2. The van der Waals surface area contributed by atoms with Gasteiger partial charge in [0, 0.05) is 26.9 Å². The summed E-state index contributed by atoms with van der Waals surface area (Å²) < 4.78 is 0. The summed E-state index contributed by atoms with van der Waals surface area (Å²) in [7, 11) is 3.17. The lowest BCUT2D eigenvalue weighted by Gasteiger charge is -2.38. The topological polar surface area (TPSA) is 98.8 Å². The maximum atomic E-state index is 13.8. The molecule has 1 fully saturated rings. The molecule has 3 rings (SSSR count). The number of likely N-dealkylation sites (N-methyl/N-ethyl adjacent to an activating group) is 2. The molecule has 4 amide bonds. The van der Waals surface area contributed by atoms with Crippen LogP contribution in [-0.2, 0) is 32.0 Å². The Hall–Kier alpha value is -3.68. The summed E-state index contributed by atoms with van der Waals surface area (Å²) in [4.78, 5) is 57.8. The Morgan fingerprint density at radius 2 is 0.921 bits per heavy atom. The first kappa shape index (κ1) is 28.9. The van der Waals surface area contributed by atoms with E-state index in [9.17, 15) is 19.2 Å². The second-order valence-corrected chi connectivity index (χ2v) is 10.8. The molecule has 8 heteroatoms. The van der Waals surface area contributed by atoms with E-state index in [4.69, 9.17) is 0 Å². The fourth-order valence-corrected chi connectivity index (χ4v) is 4.76. The molecule has 1 aliphatic heterocycles. The Kier molecular flexibility index (Phi) is 9.66. The minimum atomic E-state index is -0.860. The van der Waals surface area contributed by atoms with Gasteiger partial charge in [0.05, 0.1) is 0 Å². The number of hydrogen-bond donors (Lipinski definition) is 2. The molecule has 0 spiro atoms. The number of nitrogens with one attached hydrogen (secondary N) is 2. The average molecular weight is 521 g/mol. The Labute approximate surface area is 225 Å². The summed E-state index contributed by atoms with van der Waals surface area (Å²) in [5.41, 5.74) is 1.77. The molecule has 0 saturated carbocycles. The van der Waals surface area contributed by atoms with E-state index in [1.54, 1.807) is 14.1 Å². The third-order valence-corrected chi connectivity index (χ3v) is 7.24. The summed E-state index contributed by atoms with van der Waals surface area (Å²) in [5.74, 6) is -1.98. The van der Waals surface area contributed by atoms with Gasteiger partial charge in [0.1, 0.15) is 24.2 Å². The summed E-state index contributed by atoms with van der Waals surface area (Å²) in [6.45, 7) is 7.41. The highest BCUT2D eigenvalue weighted by Gasteiger charge is 2.40. The molecule has 38 heavy (non-hydrogen) atoms. The third-order valence-electron chi connectivity index (χ3n) is 7.24. The van der Waals surface area contributed by atoms with Gasteiger partial charge in [0.15, 0.2) is 0 Å². The van der Waals surface area contributed by atoms with E-state index in [-0.39, 0.29) is 36.5 Å². The van der Waals surface area contributed by atoms with Crippen LogP contribution in [0.4, 0.5) is 0 Å². The summed E-state index contributed by atoms with van der Waals surface area (Å²) in [5, 5.41) is 5.85. The van der Waals surface area contributed by atoms with Gasteiger partial charge in [-0.1, -0.05) is 88.4 Å². The van der Waals surface area contributed by atoms with Crippen LogP contribution in [-0.4, -0.2) is 71.7 Å². The maximum Gasteiger partial charge on any atom is 0.245 e. The van der Waals surface area contributed by atoms with Crippen molar-refractivity contribution in [2.24, 2.45) is 11.8 Å². The molecule has 0 bridgehead atoms. The van der Waals surface area contributed by atoms with E-state index in [1.165, 1.54) is 9.80 Å². The fraction of sp³-hybridized carbons (Fsp3) is 0.467. The predicted molar refractivity (Wildman–Crippen MR) is 147 cm³/mol. The minimum Gasteiger partial charge on any atom is -0.342 e. The van der Waals surface area contributed by atoms with Crippen LogP contribution in [0.25, 0.3) is 0 Å². The molecule has 1 heterocycles. The molecular weight excluding hydrogens is 480 g/mol. The zero-order chi connectivity index (χ0) is 28.0. The van der Waals surface area contributed by atoms with Gasteiger partial charge in [-0.05, 0) is 23.0 Å². The monoisotopic (exact) mass is 520 g/mol.